The molecule has 3 aromatic rings. The number of rotatable bonds is 4. The summed E-state index contributed by atoms with van der Waals surface area (Å²) >= 11 is 0. The van der Waals surface area contributed by atoms with Crippen molar-refractivity contribution in [2.24, 2.45) is 0 Å². The molecule has 28 heavy (non-hydrogen) atoms. The number of H-pyrrole nitrogens is 1. The second kappa shape index (κ2) is 7.01. The van der Waals surface area contributed by atoms with Crippen LogP contribution in [0.15, 0.2) is 59.6 Å². The van der Waals surface area contributed by atoms with E-state index in [4.69, 9.17) is 0 Å². The number of anilines is 1. The Labute approximate surface area is 160 Å². The molecule has 1 N–H and O–H groups in total. The van der Waals surface area contributed by atoms with Crippen molar-refractivity contribution in [2.75, 3.05) is 18.0 Å². The molecular weight excluding hydrogens is 389 g/mol. The van der Waals surface area contributed by atoms with Gasteiger partial charge >= 0.3 is 5.76 Å². The summed E-state index contributed by atoms with van der Waals surface area (Å²) in [6, 6.07) is 10.4. The quantitative estimate of drug-likeness (QED) is 0.689. The van der Waals surface area contributed by atoms with E-state index in [-0.39, 0.29) is 16.4 Å². The predicted octanol–water partition coefficient (Wildman–Crippen LogP) is 4.60. The van der Waals surface area contributed by atoms with Crippen LogP contribution in [0.1, 0.15) is 12.0 Å². The van der Waals surface area contributed by atoms with E-state index >= 15 is 0 Å². The molecule has 2 heterocycles. The molecule has 0 radical (unpaired) electrons. The Bertz CT molecular complexity index is 1170. The minimum atomic E-state index is -4.68. The summed E-state index contributed by atoms with van der Waals surface area (Å²) in [4.78, 5) is 4.47. The first-order valence-corrected chi connectivity index (χ1v) is 10.2. The van der Waals surface area contributed by atoms with E-state index in [0.717, 1.165) is 16.5 Å². The molecule has 146 valence electrons. The standard InChI is InChI=1S/C20H17F3N2O2S/c21-14-5-6-15-16(12-24-17(15)11-14)13-7-9-25(10-8-13)18-3-1-2-4-19(18)28(26,27)20(22)23/h1-7,11-12,20,24H,8-10H2. The Balaban J connectivity index is 1.65. The van der Waals surface area contributed by atoms with Crippen LogP contribution in [0.25, 0.3) is 16.5 Å². The highest BCUT2D eigenvalue weighted by molar-refractivity contribution is 7.91. The second-order valence-corrected chi connectivity index (χ2v) is 8.48. The SMILES string of the molecule is O=S(=O)(c1ccccc1N1CC=C(c2c[nH]c3cc(F)ccc23)CC1)C(F)F. The fourth-order valence-corrected chi connectivity index (χ4v) is 4.50. The number of para-hydroxylation sites is 1. The summed E-state index contributed by atoms with van der Waals surface area (Å²) in [6.07, 6.45) is 4.37. The topological polar surface area (TPSA) is 53.2 Å². The molecule has 2 aromatic carbocycles. The number of hydrogen-bond acceptors (Lipinski definition) is 3. The smallest absolute Gasteiger partial charge is 0.341 e. The maximum absolute atomic E-state index is 13.4. The molecule has 0 saturated carbocycles. The molecular formula is C20H17F3N2O2S. The Morgan fingerprint density at radius 1 is 1.11 bits per heavy atom. The molecule has 4 nitrogen and oxygen atoms in total. The maximum atomic E-state index is 13.4. The first-order chi connectivity index (χ1) is 13.4. The summed E-state index contributed by atoms with van der Waals surface area (Å²) in [5.74, 6) is -3.78. The van der Waals surface area contributed by atoms with Crippen molar-refractivity contribution in [2.45, 2.75) is 17.1 Å². The van der Waals surface area contributed by atoms with Gasteiger partial charge in [0, 0.05) is 35.8 Å². The summed E-state index contributed by atoms with van der Waals surface area (Å²) < 4.78 is 63.4. The Morgan fingerprint density at radius 3 is 2.61 bits per heavy atom. The number of benzene rings is 2. The lowest BCUT2D eigenvalue weighted by Crippen LogP contribution is -2.30. The molecule has 0 aliphatic carbocycles. The van der Waals surface area contributed by atoms with Crippen molar-refractivity contribution in [1.29, 1.82) is 0 Å². The van der Waals surface area contributed by atoms with Gasteiger partial charge in [-0.25, -0.2) is 12.8 Å². The number of halogens is 3. The van der Waals surface area contributed by atoms with Gasteiger partial charge in [0.05, 0.1) is 10.6 Å². The van der Waals surface area contributed by atoms with Gasteiger partial charge in [-0.15, -0.1) is 0 Å². The molecule has 0 bridgehead atoms. The van der Waals surface area contributed by atoms with Crippen molar-refractivity contribution in [3.63, 3.8) is 0 Å². The molecule has 0 saturated heterocycles. The van der Waals surface area contributed by atoms with E-state index < -0.39 is 15.6 Å². The number of fused-ring (bicyclic) bond motifs is 1. The number of hydrogen-bond donors (Lipinski definition) is 1. The van der Waals surface area contributed by atoms with Gasteiger partial charge in [0.1, 0.15) is 5.82 Å². The molecule has 4 rings (SSSR count). The summed E-state index contributed by atoms with van der Waals surface area (Å²) in [5, 5.41) is 0.904. The van der Waals surface area contributed by atoms with Crippen LogP contribution in [0.2, 0.25) is 0 Å². The van der Waals surface area contributed by atoms with Gasteiger partial charge in [0.25, 0.3) is 0 Å². The number of aromatic nitrogens is 1. The van der Waals surface area contributed by atoms with Gasteiger partial charge in [0.15, 0.2) is 0 Å². The molecule has 0 unspecified atom stereocenters. The van der Waals surface area contributed by atoms with Gasteiger partial charge < -0.3 is 9.88 Å². The van der Waals surface area contributed by atoms with Crippen molar-refractivity contribution >= 4 is 32.0 Å². The molecule has 0 fully saturated rings. The molecule has 8 heteroatoms. The Morgan fingerprint density at radius 2 is 1.89 bits per heavy atom. The van der Waals surface area contributed by atoms with Gasteiger partial charge in [-0.05, 0) is 42.3 Å². The van der Waals surface area contributed by atoms with Crippen LogP contribution < -0.4 is 4.90 Å². The van der Waals surface area contributed by atoms with Crippen LogP contribution in [0.4, 0.5) is 18.9 Å². The number of alkyl halides is 2. The summed E-state index contributed by atoms with van der Waals surface area (Å²) in [5.41, 5.74) is 2.98. The lowest BCUT2D eigenvalue weighted by molar-refractivity contribution is 0.235. The number of nitrogens with zero attached hydrogens (tertiary/aromatic N) is 1. The molecule has 1 aliphatic rings. The molecule has 0 amide bonds. The minimum absolute atomic E-state index is 0.277. The zero-order valence-electron chi connectivity index (χ0n) is 14.7. The molecule has 0 spiro atoms. The van der Waals surface area contributed by atoms with Crippen molar-refractivity contribution in [3.8, 4) is 0 Å². The zero-order chi connectivity index (χ0) is 19.9. The number of aromatic amines is 1. The van der Waals surface area contributed by atoms with Crippen molar-refractivity contribution < 1.29 is 21.6 Å². The van der Waals surface area contributed by atoms with Crippen LogP contribution in [0, 0.1) is 5.82 Å². The third-order valence-corrected chi connectivity index (χ3v) is 6.37. The van der Waals surface area contributed by atoms with E-state index in [0.29, 0.717) is 25.0 Å². The van der Waals surface area contributed by atoms with Gasteiger partial charge in [0.2, 0.25) is 9.84 Å². The fourth-order valence-electron chi connectivity index (χ4n) is 3.55. The van der Waals surface area contributed by atoms with Gasteiger partial charge in [-0.3, -0.25) is 0 Å². The van der Waals surface area contributed by atoms with Crippen LogP contribution in [-0.2, 0) is 9.84 Å². The highest BCUT2D eigenvalue weighted by atomic mass is 32.2. The Hall–Kier alpha value is -2.74. The first-order valence-electron chi connectivity index (χ1n) is 8.70. The van der Waals surface area contributed by atoms with E-state index in [1.54, 1.807) is 23.1 Å². The largest absolute Gasteiger partial charge is 0.366 e. The molecule has 1 aromatic heterocycles. The maximum Gasteiger partial charge on any atom is 0.341 e. The van der Waals surface area contributed by atoms with Crippen LogP contribution in [0.3, 0.4) is 0 Å². The summed E-state index contributed by atoms with van der Waals surface area (Å²) in [7, 11) is -4.68. The third-order valence-electron chi connectivity index (χ3n) is 4.95. The van der Waals surface area contributed by atoms with E-state index in [1.165, 1.54) is 24.3 Å². The van der Waals surface area contributed by atoms with E-state index in [2.05, 4.69) is 4.98 Å². The van der Waals surface area contributed by atoms with Crippen molar-refractivity contribution in [3.05, 3.63) is 66.1 Å². The highest BCUT2D eigenvalue weighted by Crippen LogP contribution is 2.34. The van der Waals surface area contributed by atoms with Gasteiger partial charge in [-0.2, -0.15) is 8.78 Å². The van der Waals surface area contributed by atoms with E-state index in [1.807, 2.05) is 12.3 Å². The predicted molar refractivity (Wildman–Crippen MR) is 103 cm³/mol. The number of sulfone groups is 1. The van der Waals surface area contributed by atoms with Crippen LogP contribution in [-0.4, -0.2) is 32.2 Å². The normalized spacial score (nSPS) is 15.3. The number of nitrogens with one attached hydrogen (secondary N) is 1. The lowest BCUT2D eigenvalue weighted by Gasteiger charge is -2.30. The average molecular weight is 406 g/mol. The monoisotopic (exact) mass is 406 g/mol. The average Bonchev–Trinajstić information content (AvgIpc) is 3.11. The second-order valence-electron chi connectivity index (χ2n) is 6.59. The summed E-state index contributed by atoms with van der Waals surface area (Å²) in [6.45, 7) is 0.869. The van der Waals surface area contributed by atoms with Crippen LogP contribution in [0.5, 0.6) is 0 Å². The first kappa shape index (κ1) is 18.6. The third kappa shape index (κ3) is 3.17. The molecule has 1 aliphatic heterocycles. The molecule has 0 atom stereocenters. The van der Waals surface area contributed by atoms with Gasteiger partial charge in [-0.1, -0.05) is 18.2 Å². The lowest BCUT2D eigenvalue weighted by atomic mass is 9.98. The van der Waals surface area contributed by atoms with E-state index in [9.17, 15) is 21.6 Å². The highest BCUT2D eigenvalue weighted by Gasteiger charge is 2.31. The van der Waals surface area contributed by atoms with Crippen molar-refractivity contribution in [1.82, 2.24) is 4.98 Å². The Kier molecular flexibility index (Phi) is 4.66. The zero-order valence-corrected chi connectivity index (χ0v) is 15.5. The minimum Gasteiger partial charge on any atom is -0.366 e. The fraction of sp³-hybridized carbons (Fsp3) is 0.200. The van der Waals surface area contributed by atoms with Crippen LogP contribution >= 0.6 is 0 Å².